The van der Waals surface area contributed by atoms with Crippen molar-refractivity contribution in [3.05, 3.63) is 36.0 Å². The zero-order valence-corrected chi connectivity index (χ0v) is 6.51. The van der Waals surface area contributed by atoms with Gasteiger partial charge in [-0.05, 0) is 6.08 Å². The van der Waals surface area contributed by atoms with E-state index in [9.17, 15) is 0 Å². The van der Waals surface area contributed by atoms with Crippen molar-refractivity contribution in [1.29, 1.82) is 0 Å². The molecule has 1 rings (SSSR count). The van der Waals surface area contributed by atoms with E-state index < -0.39 is 0 Å². The van der Waals surface area contributed by atoms with E-state index in [1.807, 2.05) is 23.1 Å². The van der Waals surface area contributed by atoms with E-state index in [2.05, 4.69) is 12.7 Å². The lowest BCUT2D eigenvalue weighted by atomic mass is 10.3. The smallest absolute Gasteiger partial charge is 0.105 e. The minimum Gasteiger partial charge on any atom is -0.355 e. The van der Waals surface area contributed by atoms with E-state index in [1.165, 1.54) is 0 Å². The molecule has 0 radical (unpaired) electrons. The predicted octanol–water partition coefficient (Wildman–Crippen LogP) is 2.12. The summed E-state index contributed by atoms with van der Waals surface area (Å²) in [5.41, 5.74) is 0. The van der Waals surface area contributed by atoms with Crippen molar-refractivity contribution in [3.8, 4) is 0 Å². The quantitative estimate of drug-likeness (QED) is 0.436. The van der Waals surface area contributed by atoms with Crippen LogP contribution in [0, 0.1) is 0 Å². The Morgan fingerprint density at radius 2 is 2.60 bits per heavy atom. The van der Waals surface area contributed by atoms with Crippen LogP contribution >= 0.6 is 11.6 Å². The molecule has 1 aliphatic rings. The zero-order valence-electron chi connectivity index (χ0n) is 5.76. The van der Waals surface area contributed by atoms with Gasteiger partial charge in [-0.15, -0.1) is 6.58 Å². The third-order valence-corrected chi connectivity index (χ3v) is 1.71. The summed E-state index contributed by atoms with van der Waals surface area (Å²) >= 11 is 5.85. The normalized spacial score (nSPS) is 16.9. The molecular weight excluding hydrogens is 146 g/mol. The van der Waals surface area contributed by atoms with Crippen molar-refractivity contribution in [2.24, 2.45) is 0 Å². The van der Waals surface area contributed by atoms with Gasteiger partial charge in [-0.2, -0.15) is 0 Å². The number of rotatable bonds is 2. The fourth-order valence-corrected chi connectivity index (χ4v) is 1.06. The SMILES string of the molecule is C=CCN1CC=CC=C1Cl. The van der Waals surface area contributed by atoms with Gasteiger partial charge in [0.25, 0.3) is 0 Å². The second kappa shape index (κ2) is 3.47. The Bertz CT molecular complexity index is 180. The van der Waals surface area contributed by atoms with Crippen LogP contribution in [0.3, 0.4) is 0 Å². The molecule has 0 aliphatic carbocycles. The zero-order chi connectivity index (χ0) is 7.40. The van der Waals surface area contributed by atoms with Gasteiger partial charge in [0.2, 0.25) is 0 Å². The molecule has 0 aromatic heterocycles. The lowest BCUT2D eigenvalue weighted by Crippen LogP contribution is -2.22. The fraction of sp³-hybridized carbons (Fsp3) is 0.250. The highest BCUT2D eigenvalue weighted by Gasteiger charge is 2.04. The van der Waals surface area contributed by atoms with Gasteiger partial charge in [-0.3, -0.25) is 0 Å². The molecule has 1 heterocycles. The summed E-state index contributed by atoms with van der Waals surface area (Å²) in [7, 11) is 0. The van der Waals surface area contributed by atoms with Crippen LogP contribution in [0.1, 0.15) is 0 Å². The molecule has 0 aromatic carbocycles. The predicted molar refractivity (Wildman–Crippen MR) is 44.8 cm³/mol. The lowest BCUT2D eigenvalue weighted by Gasteiger charge is -2.21. The van der Waals surface area contributed by atoms with Crippen LogP contribution in [0.4, 0.5) is 0 Å². The third kappa shape index (κ3) is 1.64. The maximum atomic E-state index is 5.85. The van der Waals surface area contributed by atoms with Crippen molar-refractivity contribution >= 4 is 11.6 Å². The van der Waals surface area contributed by atoms with E-state index in [-0.39, 0.29) is 0 Å². The Kier molecular flexibility index (Phi) is 2.57. The molecule has 0 fully saturated rings. The van der Waals surface area contributed by atoms with E-state index in [0.29, 0.717) is 0 Å². The van der Waals surface area contributed by atoms with Crippen molar-refractivity contribution < 1.29 is 0 Å². The number of allylic oxidation sites excluding steroid dienone is 2. The second-order valence-corrected chi connectivity index (χ2v) is 2.50. The molecule has 1 nitrogen and oxygen atoms in total. The van der Waals surface area contributed by atoms with Crippen molar-refractivity contribution in [1.82, 2.24) is 4.90 Å². The summed E-state index contributed by atoms with van der Waals surface area (Å²) in [4.78, 5) is 2.04. The van der Waals surface area contributed by atoms with Crippen molar-refractivity contribution in [2.45, 2.75) is 0 Å². The van der Waals surface area contributed by atoms with E-state index in [1.54, 1.807) is 0 Å². The number of hydrogen-bond donors (Lipinski definition) is 0. The molecule has 0 bridgehead atoms. The van der Waals surface area contributed by atoms with Gasteiger partial charge in [0.1, 0.15) is 5.16 Å². The second-order valence-electron chi connectivity index (χ2n) is 2.11. The van der Waals surface area contributed by atoms with Crippen molar-refractivity contribution in [3.63, 3.8) is 0 Å². The third-order valence-electron chi connectivity index (χ3n) is 1.35. The van der Waals surface area contributed by atoms with E-state index in [4.69, 9.17) is 11.6 Å². The maximum Gasteiger partial charge on any atom is 0.105 e. The van der Waals surface area contributed by atoms with Crippen LogP contribution in [0.15, 0.2) is 36.0 Å². The van der Waals surface area contributed by atoms with Gasteiger partial charge >= 0.3 is 0 Å². The molecule has 0 saturated heterocycles. The summed E-state index contributed by atoms with van der Waals surface area (Å²) in [6.07, 6.45) is 7.75. The molecule has 0 atom stereocenters. The van der Waals surface area contributed by atoms with E-state index >= 15 is 0 Å². The van der Waals surface area contributed by atoms with Crippen LogP contribution in [0.5, 0.6) is 0 Å². The van der Waals surface area contributed by atoms with Gasteiger partial charge in [0.15, 0.2) is 0 Å². The monoisotopic (exact) mass is 155 g/mol. The lowest BCUT2D eigenvalue weighted by molar-refractivity contribution is 0.444. The minimum atomic E-state index is 0.794. The number of halogens is 1. The van der Waals surface area contributed by atoms with Crippen LogP contribution in [0.2, 0.25) is 0 Å². The highest BCUT2D eigenvalue weighted by molar-refractivity contribution is 6.29. The van der Waals surface area contributed by atoms with Crippen LogP contribution in [-0.4, -0.2) is 18.0 Å². The van der Waals surface area contributed by atoms with Crippen LogP contribution < -0.4 is 0 Å². The highest BCUT2D eigenvalue weighted by atomic mass is 35.5. The molecule has 10 heavy (non-hydrogen) atoms. The molecule has 54 valence electrons. The first-order valence-corrected chi connectivity index (χ1v) is 3.60. The molecular formula is C8H10ClN. The van der Waals surface area contributed by atoms with Crippen molar-refractivity contribution in [2.75, 3.05) is 13.1 Å². The summed E-state index contributed by atoms with van der Waals surface area (Å²) in [5, 5.41) is 0.794. The highest BCUT2D eigenvalue weighted by Crippen LogP contribution is 2.12. The minimum absolute atomic E-state index is 0.794. The molecule has 0 amide bonds. The summed E-state index contributed by atoms with van der Waals surface area (Å²) in [5.74, 6) is 0. The molecule has 0 spiro atoms. The van der Waals surface area contributed by atoms with Gasteiger partial charge in [-0.25, -0.2) is 0 Å². The Hall–Kier alpha value is -0.690. The number of hydrogen-bond acceptors (Lipinski definition) is 1. The maximum absolute atomic E-state index is 5.85. The van der Waals surface area contributed by atoms with Gasteiger partial charge in [-0.1, -0.05) is 29.8 Å². The van der Waals surface area contributed by atoms with Crippen LogP contribution in [-0.2, 0) is 0 Å². The summed E-state index contributed by atoms with van der Waals surface area (Å²) < 4.78 is 0. The number of nitrogens with zero attached hydrogens (tertiary/aromatic N) is 1. The van der Waals surface area contributed by atoms with Gasteiger partial charge in [0, 0.05) is 13.1 Å². The summed E-state index contributed by atoms with van der Waals surface area (Å²) in [6, 6.07) is 0. The molecule has 0 unspecified atom stereocenters. The van der Waals surface area contributed by atoms with Crippen LogP contribution in [0.25, 0.3) is 0 Å². The Morgan fingerprint density at radius 1 is 1.80 bits per heavy atom. The first-order valence-electron chi connectivity index (χ1n) is 3.23. The molecule has 0 N–H and O–H groups in total. The van der Waals surface area contributed by atoms with Gasteiger partial charge in [0.05, 0.1) is 0 Å². The Balaban J connectivity index is 2.55. The first kappa shape index (κ1) is 7.42. The average Bonchev–Trinajstić information content (AvgIpc) is 1.94. The Morgan fingerprint density at radius 3 is 3.20 bits per heavy atom. The van der Waals surface area contributed by atoms with Gasteiger partial charge < -0.3 is 4.90 Å². The molecule has 0 saturated carbocycles. The molecule has 2 heteroatoms. The molecule has 0 aromatic rings. The topological polar surface area (TPSA) is 3.24 Å². The molecule has 1 aliphatic heterocycles. The summed E-state index contributed by atoms with van der Waals surface area (Å²) in [6.45, 7) is 5.35. The Labute approximate surface area is 66.3 Å². The fourth-order valence-electron chi connectivity index (χ4n) is 0.846. The largest absolute Gasteiger partial charge is 0.355 e. The first-order chi connectivity index (χ1) is 4.84. The average molecular weight is 156 g/mol. The standard InChI is InChI=1S/C8H10ClN/c1-2-6-10-7-4-3-5-8(10)9/h2-5H,1,6-7H2. The van der Waals surface area contributed by atoms with E-state index in [0.717, 1.165) is 18.2 Å².